The molecule has 0 aliphatic rings. The topological polar surface area (TPSA) is 101 Å². The molecule has 2 amide bonds. The van der Waals surface area contributed by atoms with Gasteiger partial charge in [-0.1, -0.05) is 23.2 Å². The van der Waals surface area contributed by atoms with Gasteiger partial charge in [-0.2, -0.15) is 0 Å². The summed E-state index contributed by atoms with van der Waals surface area (Å²) in [7, 11) is 0. The fraction of sp³-hybridized carbons (Fsp3) is 0.273. The number of nitro benzene ring substituents is 1. The smallest absolute Gasteiger partial charge is 0.271 e. The predicted octanol–water partition coefficient (Wildman–Crippen LogP) is 1.77. The van der Waals surface area contributed by atoms with Gasteiger partial charge in [-0.3, -0.25) is 19.7 Å². The minimum atomic E-state index is -0.670. The predicted molar refractivity (Wildman–Crippen MR) is 74.1 cm³/mol. The quantitative estimate of drug-likeness (QED) is 0.490. The molecule has 108 valence electrons. The summed E-state index contributed by atoms with van der Waals surface area (Å²) >= 11 is 11.6. The molecule has 0 aromatic heterocycles. The van der Waals surface area contributed by atoms with Crippen LogP contribution in [0.25, 0.3) is 0 Å². The van der Waals surface area contributed by atoms with Crippen LogP contribution >= 0.6 is 23.2 Å². The molecule has 0 aliphatic carbocycles. The summed E-state index contributed by atoms with van der Waals surface area (Å²) in [4.78, 5) is 32.5. The lowest BCUT2D eigenvalue weighted by atomic mass is 10.2. The van der Waals surface area contributed by atoms with E-state index >= 15 is 0 Å². The van der Waals surface area contributed by atoms with E-state index in [9.17, 15) is 19.7 Å². The van der Waals surface area contributed by atoms with Gasteiger partial charge in [0, 0.05) is 32.1 Å². The first kappa shape index (κ1) is 16.2. The number of benzene rings is 1. The van der Waals surface area contributed by atoms with Gasteiger partial charge in [-0.15, -0.1) is 0 Å². The zero-order chi connectivity index (χ0) is 15.3. The van der Waals surface area contributed by atoms with Gasteiger partial charge in [0.25, 0.3) is 11.6 Å². The monoisotopic (exact) mass is 319 g/mol. The molecule has 0 spiro atoms. The van der Waals surface area contributed by atoms with Crippen LogP contribution in [0.2, 0.25) is 10.0 Å². The van der Waals surface area contributed by atoms with Crippen LogP contribution in [0.5, 0.6) is 0 Å². The molecule has 0 saturated carbocycles. The lowest BCUT2D eigenvalue weighted by Gasteiger charge is -2.08. The summed E-state index contributed by atoms with van der Waals surface area (Å²) in [6.45, 7) is 1.75. The second-order valence-electron chi connectivity index (χ2n) is 3.79. The minimum absolute atomic E-state index is 0.0608. The Morgan fingerprint density at radius 2 is 1.85 bits per heavy atom. The lowest BCUT2D eigenvalue weighted by Crippen LogP contribution is -2.33. The highest BCUT2D eigenvalue weighted by molar-refractivity contribution is 6.44. The summed E-state index contributed by atoms with van der Waals surface area (Å²) in [5.74, 6) is -0.832. The molecule has 2 N–H and O–H groups in total. The van der Waals surface area contributed by atoms with Crippen molar-refractivity contribution >= 4 is 40.7 Å². The molecule has 0 radical (unpaired) electrons. The highest BCUT2D eigenvalue weighted by Crippen LogP contribution is 2.30. The molecule has 0 unspecified atom stereocenters. The Kier molecular flexibility index (Phi) is 5.72. The largest absolute Gasteiger partial charge is 0.355 e. The number of hydrogen-bond acceptors (Lipinski definition) is 4. The number of nitrogens with one attached hydrogen (secondary N) is 2. The zero-order valence-corrected chi connectivity index (χ0v) is 11.9. The second-order valence-corrected chi connectivity index (χ2v) is 4.57. The van der Waals surface area contributed by atoms with E-state index < -0.39 is 10.8 Å². The summed E-state index contributed by atoms with van der Waals surface area (Å²) in [6.07, 6.45) is 0. The SMILES string of the molecule is CC(=O)NCCNC(=O)c1cc([N+](=O)[O-])cc(Cl)c1Cl. The number of hydrogen-bond donors (Lipinski definition) is 2. The number of amides is 2. The average Bonchev–Trinajstić information content (AvgIpc) is 2.36. The van der Waals surface area contributed by atoms with Crippen molar-refractivity contribution in [1.29, 1.82) is 0 Å². The van der Waals surface area contributed by atoms with Gasteiger partial charge < -0.3 is 10.6 Å². The van der Waals surface area contributed by atoms with Crippen LogP contribution in [0.4, 0.5) is 5.69 Å². The fourth-order valence-corrected chi connectivity index (χ4v) is 1.76. The number of non-ortho nitro benzene ring substituents is 1. The molecule has 9 heteroatoms. The van der Waals surface area contributed by atoms with Gasteiger partial charge in [0.1, 0.15) is 0 Å². The number of halogens is 2. The van der Waals surface area contributed by atoms with Crippen molar-refractivity contribution in [2.75, 3.05) is 13.1 Å². The Morgan fingerprint density at radius 1 is 1.25 bits per heavy atom. The van der Waals surface area contributed by atoms with Gasteiger partial charge in [0.2, 0.25) is 5.91 Å². The van der Waals surface area contributed by atoms with Crippen molar-refractivity contribution < 1.29 is 14.5 Å². The first-order chi connectivity index (χ1) is 9.32. The molecule has 0 atom stereocenters. The minimum Gasteiger partial charge on any atom is -0.355 e. The molecule has 1 aromatic carbocycles. The zero-order valence-electron chi connectivity index (χ0n) is 10.4. The van der Waals surface area contributed by atoms with E-state index in [1.54, 1.807) is 0 Å². The Labute approximate surface area is 124 Å². The van der Waals surface area contributed by atoms with Gasteiger partial charge in [0.05, 0.1) is 20.5 Å². The molecule has 0 heterocycles. The van der Waals surface area contributed by atoms with E-state index in [0.29, 0.717) is 0 Å². The highest BCUT2D eigenvalue weighted by atomic mass is 35.5. The fourth-order valence-electron chi connectivity index (χ4n) is 1.36. The molecule has 7 nitrogen and oxygen atoms in total. The first-order valence-corrected chi connectivity index (χ1v) is 6.24. The maximum absolute atomic E-state index is 11.8. The molecule has 1 rings (SSSR count). The van der Waals surface area contributed by atoms with E-state index in [1.807, 2.05) is 0 Å². The standard InChI is InChI=1S/C11H11Cl2N3O4/c1-6(17)14-2-3-15-11(18)8-4-7(16(19)20)5-9(12)10(8)13/h4-5H,2-3H2,1H3,(H,14,17)(H,15,18). The third-order valence-electron chi connectivity index (χ3n) is 2.25. The maximum Gasteiger partial charge on any atom is 0.271 e. The van der Waals surface area contributed by atoms with E-state index in [0.717, 1.165) is 12.1 Å². The highest BCUT2D eigenvalue weighted by Gasteiger charge is 2.19. The van der Waals surface area contributed by atoms with E-state index in [1.165, 1.54) is 6.92 Å². The molecular weight excluding hydrogens is 309 g/mol. The van der Waals surface area contributed by atoms with E-state index in [2.05, 4.69) is 10.6 Å². The Bertz CT molecular complexity index is 563. The number of carbonyl (C=O) groups is 2. The molecule has 0 aliphatic heterocycles. The maximum atomic E-state index is 11.8. The van der Waals surface area contributed by atoms with Crippen LogP contribution in [0, 0.1) is 10.1 Å². The Balaban J connectivity index is 2.81. The second kappa shape index (κ2) is 7.06. The van der Waals surface area contributed by atoms with Crippen molar-refractivity contribution in [2.45, 2.75) is 6.92 Å². The summed E-state index contributed by atoms with van der Waals surface area (Å²) in [6, 6.07) is 2.11. The van der Waals surface area contributed by atoms with E-state index in [4.69, 9.17) is 23.2 Å². The summed E-state index contributed by atoms with van der Waals surface area (Å²) in [5.41, 5.74) is -0.417. The van der Waals surface area contributed by atoms with Gasteiger partial charge in [-0.05, 0) is 0 Å². The number of nitro groups is 1. The first-order valence-electron chi connectivity index (χ1n) is 5.49. The molecule has 0 saturated heterocycles. The number of carbonyl (C=O) groups excluding carboxylic acids is 2. The molecular formula is C11H11Cl2N3O4. The lowest BCUT2D eigenvalue weighted by molar-refractivity contribution is -0.384. The Morgan fingerprint density at radius 3 is 2.40 bits per heavy atom. The van der Waals surface area contributed by atoms with Crippen molar-refractivity contribution in [2.24, 2.45) is 0 Å². The molecule has 1 aromatic rings. The van der Waals surface area contributed by atoms with Crippen LogP contribution in [0.1, 0.15) is 17.3 Å². The molecule has 0 fully saturated rings. The van der Waals surface area contributed by atoms with Crippen molar-refractivity contribution in [3.63, 3.8) is 0 Å². The number of rotatable bonds is 5. The third kappa shape index (κ3) is 4.36. The van der Waals surface area contributed by atoms with Crippen LogP contribution in [0.3, 0.4) is 0 Å². The van der Waals surface area contributed by atoms with Crippen LogP contribution in [-0.2, 0) is 4.79 Å². The van der Waals surface area contributed by atoms with Gasteiger partial charge in [-0.25, -0.2) is 0 Å². The summed E-state index contributed by atoms with van der Waals surface area (Å²) in [5, 5.41) is 15.5. The Hall–Kier alpha value is -1.86. The van der Waals surface area contributed by atoms with Gasteiger partial charge in [0.15, 0.2) is 0 Å². The van der Waals surface area contributed by atoms with E-state index in [-0.39, 0.29) is 40.3 Å². The van der Waals surface area contributed by atoms with Crippen LogP contribution < -0.4 is 10.6 Å². The summed E-state index contributed by atoms with van der Waals surface area (Å²) < 4.78 is 0. The van der Waals surface area contributed by atoms with Gasteiger partial charge >= 0.3 is 0 Å². The number of nitrogens with zero attached hydrogens (tertiary/aromatic N) is 1. The average molecular weight is 320 g/mol. The molecule has 20 heavy (non-hydrogen) atoms. The molecule has 0 bridgehead atoms. The van der Waals surface area contributed by atoms with Crippen molar-refractivity contribution in [3.8, 4) is 0 Å². The van der Waals surface area contributed by atoms with Crippen LogP contribution in [-0.4, -0.2) is 29.8 Å². The third-order valence-corrected chi connectivity index (χ3v) is 3.05. The van der Waals surface area contributed by atoms with Crippen molar-refractivity contribution in [3.05, 3.63) is 37.9 Å². The van der Waals surface area contributed by atoms with Crippen molar-refractivity contribution in [1.82, 2.24) is 10.6 Å². The van der Waals surface area contributed by atoms with Crippen LogP contribution in [0.15, 0.2) is 12.1 Å². The normalized spacial score (nSPS) is 9.95.